The summed E-state index contributed by atoms with van der Waals surface area (Å²) in [6, 6.07) is 0. The van der Waals surface area contributed by atoms with Gasteiger partial charge in [0.05, 0.1) is 0 Å². The van der Waals surface area contributed by atoms with Crippen LogP contribution in [0.5, 0.6) is 0 Å². The molecule has 0 heterocycles. The largest absolute Gasteiger partial charge is 0.147 e. The van der Waals surface area contributed by atoms with Crippen LogP contribution in [-0.4, -0.2) is 37.0 Å². The standard InChI is InChI=1S/C10H24P2.4ClH/c1-5-11(6-2)9-10-12(7-3)8-4;;;;/h5-10H2,1-4H3;4*1H. The molecule has 0 N–H and O–H groups in total. The molecule has 0 saturated carbocycles. The van der Waals surface area contributed by atoms with Gasteiger partial charge in [0.25, 0.3) is 0 Å². The highest BCUT2D eigenvalue weighted by Crippen LogP contribution is 2.41. The van der Waals surface area contributed by atoms with Crippen molar-refractivity contribution in [3.63, 3.8) is 0 Å². The van der Waals surface area contributed by atoms with E-state index in [4.69, 9.17) is 0 Å². The zero-order chi connectivity index (χ0) is 9.40. The Kier molecular flexibility index (Phi) is 42.8. The molecule has 0 bridgehead atoms. The van der Waals surface area contributed by atoms with Gasteiger partial charge >= 0.3 is 0 Å². The maximum Gasteiger partial charge on any atom is -0.0287 e. The molecule has 0 aromatic heterocycles. The van der Waals surface area contributed by atoms with Gasteiger partial charge in [-0.15, -0.1) is 65.5 Å². The van der Waals surface area contributed by atoms with Gasteiger partial charge in [-0.1, -0.05) is 27.7 Å². The van der Waals surface area contributed by atoms with E-state index in [2.05, 4.69) is 27.7 Å². The minimum Gasteiger partial charge on any atom is -0.147 e. The first-order valence-corrected chi connectivity index (χ1v) is 9.02. The lowest BCUT2D eigenvalue weighted by atomic mass is 10.9. The molecule has 0 aromatic rings. The number of hydrogen-bond donors (Lipinski definition) is 0. The SMILES string of the molecule is CCP(CC)CCP(CC)CC.Cl.Cl.Cl.Cl. The van der Waals surface area contributed by atoms with E-state index in [9.17, 15) is 0 Å². The minimum atomic E-state index is 0. The van der Waals surface area contributed by atoms with Crippen molar-refractivity contribution in [1.29, 1.82) is 0 Å². The average molecular weight is 352 g/mol. The maximum atomic E-state index is 2.36. The summed E-state index contributed by atoms with van der Waals surface area (Å²) in [4.78, 5) is 0. The Balaban J connectivity index is -0.000000101. The molecule has 16 heavy (non-hydrogen) atoms. The van der Waals surface area contributed by atoms with Crippen LogP contribution in [0.15, 0.2) is 0 Å². The summed E-state index contributed by atoms with van der Waals surface area (Å²) >= 11 is 0. The Morgan fingerprint density at radius 2 is 0.688 bits per heavy atom. The van der Waals surface area contributed by atoms with Gasteiger partial charge in [-0.3, -0.25) is 0 Å². The van der Waals surface area contributed by atoms with E-state index in [-0.39, 0.29) is 49.6 Å². The smallest absolute Gasteiger partial charge is 0.0287 e. The van der Waals surface area contributed by atoms with Crippen molar-refractivity contribution in [2.75, 3.05) is 37.0 Å². The van der Waals surface area contributed by atoms with Crippen LogP contribution in [0.25, 0.3) is 0 Å². The van der Waals surface area contributed by atoms with E-state index >= 15 is 0 Å². The van der Waals surface area contributed by atoms with E-state index in [0.29, 0.717) is 15.8 Å². The molecule has 0 saturated heterocycles. The molecule has 0 amide bonds. The highest BCUT2D eigenvalue weighted by molar-refractivity contribution is 7.61. The van der Waals surface area contributed by atoms with Crippen molar-refractivity contribution in [3.8, 4) is 0 Å². The summed E-state index contributed by atoms with van der Waals surface area (Å²) in [5.41, 5.74) is 0. The lowest BCUT2D eigenvalue weighted by Crippen LogP contribution is -1.97. The monoisotopic (exact) mass is 350 g/mol. The van der Waals surface area contributed by atoms with Gasteiger partial charge in [0.2, 0.25) is 0 Å². The van der Waals surface area contributed by atoms with Gasteiger partial charge in [-0.2, -0.15) is 0 Å². The summed E-state index contributed by atoms with van der Waals surface area (Å²) in [6.45, 7) is 9.43. The van der Waals surface area contributed by atoms with Gasteiger partial charge < -0.3 is 0 Å². The highest BCUT2D eigenvalue weighted by Gasteiger charge is 2.06. The highest BCUT2D eigenvalue weighted by atomic mass is 35.5. The number of rotatable bonds is 7. The van der Waals surface area contributed by atoms with Gasteiger partial charge in [-0.25, -0.2) is 0 Å². The first kappa shape index (κ1) is 30.8. The fraction of sp³-hybridized carbons (Fsp3) is 1.00. The quantitative estimate of drug-likeness (QED) is 0.515. The zero-order valence-electron chi connectivity index (χ0n) is 10.8. The first-order valence-electron chi connectivity index (χ1n) is 5.23. The van der Waals surface area contributed by atoms with Crippen LogP contribution in [0.3, 0.4) is 0 Å². The second-order valence-corrected chi connectivity index (χ2v) is 9.16. The van der Waals surface area contributed by atoms with Crippen molar-refractivity contribution < 1.29 is 0 Å². The van der Waals surface area contributed by atoms with Gasteiger partial charge in [-0.05, 0) is 37.0 Å². The van der Waals surface area contributed by atoms with Crippen LogP contribution in [-0.2, 0) is 0 Å². The summed E-state index contributed by atoms with van der Waals surface area (Å²) in [6.07, 6.45) is 8.89. The van der Waals surface area contributed by atoms with Gasteiger partial charge in [0.1, 0.15) is 0 Å². The van der Waals surface area contributed by atoms with Crippen LogP contribution >= 0.6 is 65.5 Å². The first-order chi connectivity index (χ1) is 5.78. The van der Waals surface area contributed by atoms with Crippen molar-refractivity contribution in [1.82, 2.24) is 0 Å². The van der Waals surface area contributed by atoms with Crippen LogP contribution in [0, 0.1) is 0 Å². The molecule has 0 aromatic carbocycles. The van der Waals surface area contributed by atoms with Crippen LogP contribution in [0.2, 0.25) is 0 Å². The topological polar surface area (TPSA) is 0 Å². The molecule has 0 atom stereocenters. The molecule has 0 spiro atoms. The fourth-order valence-electron chi connectivity index (χ4n) is 1.36. The predicted octanol–water partition coefficient (Wildman–Crippen LogP) is 5.72. The Labute approximate surface area is 130 Å². The molecule has 0 aliphatic carbocycles. The average Bonchev–Trinajstić information content (AvgIpc) is 2.13. The molecule has 0 fully saturated rings. The molecule has 0 rings (SSSR count). The number of hydrogen-bond acceptors (Lipinski definition) is 0. The van der Waals surface area contributed by atoms with Gasteiger partial charge in [0.15, 0.2) is 0 Å². The van der Waals surface area contributed by atoms with Crippen molar-refractivity contribution in [2.45, 2.75) is 27.7 Å². The molecule has 106 valence electrons. The van der Waals surface area contributed by atoms with E-state index in [1.807, 2.05) is 0 Å². The van der Waals surface area contributed by atoms with Gasteiger partial charge in [0, 0.05) is 0 Å². The van der Waals surface area contributed by atoms with E-state index in [1.165, 1.54) is 24.6 Å². The third-order valence-electron chi connectivity index (χ3n) is 2.52. The summed E-state index contributed by atoms with van der Waals surface area (Å²) in [7, 11) is 0.832. The van der Waals surface area contributed by atoms with Crippen molar-refractivity contribution in [2.24, 2.45) is 0 Å². The molecular weight excluding hydrogens is 324 g/mol. The van der Waals surface area contributed by atoms with E-state index in [1.54, 1.807) is 12.3 Å². The molecule has 0 aliphatic heterocycles. The third kappa shape index (κ3) is 16.0. The number of halogens is 4. The summed E-state index contributed by atoms with van der Waals surface area (Å²) in [5.74, 6) is 0. The van der Waals surface area contributed by atoms with Crippen LogP contribution in [0.1, 0.15) is 27.7 Å². The minimum absolute atomic E-state index is 0. The Hall–Kier alpha value is 2.02. The second-order valence-electron chi connectivity index (χ2n) is 3.05. The van der Waals surface area contributed by atoms with E-state index < -0.39 is 0 Å². The maximum absolute atomic E-state index is 2.36. The fourth-order valence-corrected chi connectivity index (χ4v) is 5.78. The molecule has 0 unspecified atom stereocenters. The van der Waals surface area contributed by atoms with Crippen molar-refractivity contribution >= 4 is 65.5 Å². The zero-order valence-corrected chi connectivity index (χ0v) is 15.8. The van der Waals surface area contributed by atoms with Crippen molar-refractivity contribution in [3.05, 3.63) is 0 Å². The normalized spacial score (nSPS) is 8.62. The van der Waals surface area contributed by atoms with E-state index in [0.717, 1.165) is 0 Å². The molecular formula is C10H28Cl4P2. The second kappa shape index (κ2) is 22.2. The lowest BCUT2D eigenvalue weighted by molar-refractivity contribution is 1.31. The predicted molar refractivity (Wildman–Crippen MR) is 94.7 cm³/mol. The lowest BCUT2D eigenvalue weighted by Gasteiger charge is -2.18. The third-order valence-corrected chi connectivity index (χ3v) is 8.16. The Morgan fingerprint density at radius 3 is 0.812 bits per heavy atom. The summed E-state index contributed by atoms with van der Waals surface area (Å²) < 4.78 is 0. The molecule has 0 radical (unpaired) electrons. The Morgan fingerprint density at radius 1 is 0.500 bits per heavy atom. The van der Waals surface area contributed by atoms with Crippen LogP contribution in [0.4, 0.5) is 0 Å². The molecule has 0 nitrogen and oxygen atoms in total. The summed E-state index contributed by atoms with van der Waals surface area (Å²) in [5, 5.41) is 0. The van der Waals surface area contributed by atoms with Crippen LogP contribution < -0.4 is 0 Å². The Bertz CT molecular complexity index is 86.8. The molecule has 0 aliphatic rings. The molecule has 6 heteroatoms.